The first-order valence-electron chi connectivity index (χ1n) is 10.9. The van der Waals surface area contributed by atoms with E-state index in [0.717, 1.165) is 16.1 Å². The van der Waals surface area contributed by atoms with Gasteiger partial charge in [-0.3, -0.25) is 9.36 Å². The number of imidazole rings is 1. The Bertz CT molecular complexity index is 1680. The SMILES string of the molecule is C#Cc1cccc(-c2cc(=O)n(C)c3ncc([Si](O)(c4ccc(Cl)cc4)c4cncn4C)cc23)c1. The highest BCUT2D eigenvalue weighted by Gasteiger charge is 2.41. The summed E-state index contributed by atoms with van der Waals surface area (Å²) in [7, 11) is 0.0125. The predicted octanol–water partition coefficient (Wildman–Crippen LogP) is 1.93. The molecule has 0 saturated heterocycles. The molecule has 1 N–H and O–H groups in total. The van der Waals surface area contributed by atoms with E-state index in [0.29, 0.717) is 32.3 Å². The summed E-state index contributed by atoms with van der Waals surface area (Å²) in [6, 6.07) is 18.2. The summed E-state index contributed by atoms with van der Waals surface area (Å²) in [6.45, 7) is 0. The van der Waals surface area contributed by atoms with Gasteiger partial charge in [-0.25, -0.2) is 9.97 Å². The number of halogens is 1. The van der Waals surface area contributed by atoms with Crippen LogP contribution in [0, 0.1) is 12.3 Å². The average Bonchev–Trinajstić information content (AvgIpc) is 3.32. The van der Waals surface area contributed by atoms with Crippen LogP contribution in [0.1, 0.15) is 5.56 Å². The topological polar surface area (TPSA) is 72.9 Å². The Kier molecular flexibility index (Phi) is 5.65. The number of benzene rings is 2. The first kappa shape index (κ1) is 22.8. The molecule has 1 unspecified atom stereocenters. The highest BCUT2D eigenvalue weighted by molar-refractivity contribution is 7.05. The molecule has 0 radical (unpaired) electrons. The van der Waals surface area contributed by atoms with E-state index in [4.69, 9.17) is 18.0 Å². The lowest BCUT2D eigenvalue weighted by Crippen LogP contribution is -2.69. The number of terminal acetylenes is 1. The first-order valence-corrected chi connectivity index (χ1v) is 13.2. The van der Waals surface area contributed by atoms with E-state index < -0.39 is 8.32 Å². The maximum Gasteiger partial charge on any atom is 0.305 e. The molecule has 3 aromatic heterocycles. The van der Waals surface area contributed by atoms with E-state index in [2.05, 4.69) is 15.9 Å². The van der Waals surface area contributed by atoms with Crippen molar-refractivity contribution >= 4 is 46.6 Å². The Balaban J connectivity index is 1.84. The smallest absolute Gasteiger partial charge is 0.305 e. The molecular weight excluding hydrogens is 476 g/mol. The van der Waals surface area contributed by atoms with E-state index in [1.54, 1.807) is 44.0 Å². The number of rotatable bonds is 4. The van der Waals surface area contributed by atoms with Crippen molar-refractivity contribution in [2.45, 2.75) is 0 Å². The Morgan fingerprint density at radius 1 is 1.03 bits per heavy atom. The van der Waals surface area contributed by atoms with Gasteiger partial charge in [0.05, 0.1) is 11.6 Å². The highest BCUT2D eigenvalue weighted by atomic mass is 35.5. The molecule has 6 nitrogen and oxygen atoms in total. The van der Waals surface area contributed by atoms with Crippen molar-refractivity contribution in [2.75, 3.05) is 0 Å². The quantitative estimate of drug-likeness (QED) is 0.305. The maximum absolute atomic E-state index is 12.8. The Morgan fingerprint density at radius 3 is 2.49 bits per heavy atom. The number of pyridine rings is 2. The molecule has 0 aliphatic rings. The molecule has 0 fully saturated rings. The summed E-state index contributed by atoms with van der Waals surface area (Å²) in [4.78, 5) is 34.1. The highest BCUT2D eigenvalue weighted by Crippen LogP contribution is 2.26. The second kappa shape index (κ2) is 8.67. The number of hydrogen-bond acceptors (Lipinski definition) is 4. The molecule has 0 saturated carbocycles. The van der Waals surface area contributed by atoms with Crippen LogP contribution in [0.5, 0.6) is 0 Å². The van der Waals surface area contributed by atoms with Gasteiger partial charge in [-0.05, 0) is 51.8 Å². The van der Waals surface area contributed by atoms with Crippen molar-refractivity contribution in [2.24, 2.45) is 14.1 Å². The van der Waals surface area contributed by atoms with Gasteiger partial charge in [-0.2, -0.15) is 0 Å². The van der Waals surface area contributed by atoms with Crippen molar-refractivity contribution in [3.8, 4) is 23.5 Å². The molecule has 0 amide bonds. The molecule has 8 heteroatoms. The molecule has 2 aromatic carbocycles. The normalized spacial score (nSPS) is 12.9. The van der Waals surface area contributed by atoms with Gasteiger partial charge in [-0.1, -0.05) is 41.8 Å². The maximum atomic E-state index is 12.8. The predicted molar refractivity (Wildman–Crippen MR) is 142 cm³/mol. The number of aromatic nitrogens is 4. The fourth-order valence-corrected chi connectivity index (χ4v) is 7.53. The first-order chi connectivity index (χ1) is 16.8. The summed E-state index contributed by atoms with van der Waals surface area (Å²) in [5.74, 6) is 2.65. The molecule has 0 aliphatic heterocycles. The van der Waals surface area contributed by atoms with Crippen LogP contribution in [0.25, 0.3) is 22.2 Å². The molecule has 0 bridgehead atoms. The van der Waals surface area contributed by atoms with Crippen molar-refractivity contribution in [3.63, 3.8) is 0 Å². The standard InChI is InChI=1S/C27H21ClN4O2Si/c1-4-18-6-5-7-19(12-18)23-14-25(33)32(3)27-24(23)13-22(15-30-27)35(34,26-16-29-17-31(26)2)21-10-8-20(28)9-11-21/h1,5-17,34H,2-3H3. The van der Waals surface area contributed by atoms with Crippen LogP contribution >= 0.6 is 11.6 Å². The lowest BCUT2D eigenvalue weighted by atomic mass is 10.0. The van der Waals surface area contributed by atoms with Gasteiger partial charge in [0.25, 0.3) is 5.56 Å². The third kappa shape index (κ3) is 3.78. The van der Waals surface area contributed by atoms with Crippen LogP contribution in [0.2, 0.25) is 5.02 Å². The molecule has 0 aliphatic carbocycles. The van der Waals surface area contributed by atoms with Crippen molar-refractivity contribution in [3.05, 3.63) is 100 Å². The van der Waals surface area contributed by atoms with E-state index in [-0.39, 0.29) is 5.56 Å². The molecule has 0 spiro atoms. The molecule has 5 aromatic rings. The van der Waals surface area contributed by atoms with Gasteiger partial charge in [0.15, 0.2) is 0 Å². The number of fused-ring (bicyclic) bond motifs is 1. The minimum Gasteiger partial charge on any atom is -0.420 e. The summed E-state index contributed by atoms with van der Waals surface area (Å²) in [5, 5.41) is 3.41. The Hall–Kier alpha value is -3.96. The Labute approximate surface area is 208 Å². The van der Waals surface area contributed by atoms with Crippen LogP contribution in [-0.2, 0) is 14.1 Å². The molecule has 5 rings (SSSR count). The second-order valence-corrected chi connectivity index (χ2v) is 11.9. The van der Waals surface area contributed by atoms with Gasteiger partial charge in [0.2, 0.25) is 0 Å². The molecule has 1 atom stereocenters. The number of nitrogens with zero attached hydrogens (tertiary/aromatic N) is 4. The van der Waals surface area contributed by atoms with Crippen molar-refractivity contribution in [1.29, 1.82) is 0 Å². The molecule has 3 heterocycles. The van der Waals surface area contributed by atoms with E-state index in [9.17, 15) is 9.59 Å². The van der Waals surface area contributed by atoms with Gasteiger partial charge < -0.3 is 9.36 Å². The number of aryl methyl sites for hydroxylation is 2. The minimum absolute atomic E-state index is 0.185. The summed E-state index contributed by atoms with van der Waals surface area (Å²) < 4.78 is 3.32. The van der Waals surface area contributed by atoms with Crippen LogP contribution < -0.4 is 21.2 Å². The fraction of sp³-hybridized carbons (Fsp3) is 0.0741. The van der Waals surface area contributed by atoms with Gasteiger partial charge in [-0.15, -0.1) is 6.42 Å². The number of hydrogen-bond donors (Lipinski definition) is 1. The largest absolute Gasteiger partial charge is 0.420 e. The monoisotopic (exact) mass is 496 g/mol. The van der Waals surface area contributed by atoms with E-state index in [1.807, 2.05) is 54.1 Å². The van der Waals surface area contributed by atoms with Gasteiger partial charge in [0.1, 0.15) is 5.65 Å². The zero-order valence-electron chi connectivity index (χ0n) is 19.1. The van der Waals surface area contributed by atoms with E-state index in [1.165, 1.54) is 4.57 Å². The zero-order chi connectivity index (χ0) is 24.7. The summed E-state index contributed by atoms with van der Waals surface area (Å²) >= 11 is 6.15. The lowest BCUT2D eigenvalue weighted by Gasteiger charge is -2.27. The molecular formula is C27H21ClN4O2Si. The van der Waals surface area contributed by atoms with Crippen molar-refractivity contribution in [1.82, 2.24) is 19.1 Å². The Morgan fingerprint density at radius 2 is 1.80 bits per heavy atom. The van der Waals surface area contributed by atoms with Gasteiger partial charge in [0, 0.05) is 48.5 Å². The zero-order valence-corrected chi connectivity index (χ0v) is 20.9. The summed E-state index contributed by atoms with van der Waals surface area (Å²) in [6.07, 6.45) is 10.6. The van der Waals surface area contributed by atoms with Crippen LogP contribution in [0.3, 0.4) is 0 Å². The van der Waals surface area contributed by atoms with Crippen LogP contribution in [-0.4, -0.2) is 32.2 Å². The van der Waals surface area contributed by atoms with Crippen molar-refractivity contribution < 1.29 is 4.80 Å². The van der Waals surface area contributed by atoms with E-state index >= 15 is 0 Å². The molecule has 172 valence electrons. The third-order valence-electron chi connectivity index (χ3n) is 6.28. The van der Waals surface area contributed by atoms with Crippen LogP contribution in [0.15, 0.2) is 84.2 Å². The average molecular weight is 497 g/mol. The van der Waals surface area contributed by atoms with Crippen LogP contribution in [0.4, 0.5) is 0 Å². The third-order valence-corrected chi connectivity index (χ3v) is 10.0. The fourth-order valence-electron chi connectivity index (χ4n) is 4.40. The minimum atomic E-state index is -3.52. The van der Waals surface area contributed by atoms with Gasteiger partial charge >= 0.3 is 8.32 Å². The molecule has 35 heavy (non-hydrogen) atoms. The second-order valence-electron chi connectivity index (χ2n) is 8.38. The summed E-state index contributed by atoms with van der Waals surface area (Å²) in [5.41, 5.74) is 2.55. The lowest BCUT2D eigenvalue weighted by molar-refractivity contribution is 0.579.